The fraction of sp³-hybridized carbons (Fsp3) is 0.368. The zero-order valence-electron chi connectivity index (χ0n) is 12.8. The third-order valence-electron chi connectivity index (χ3n) is 3.87. The van der Waals surface area contributed by atoms with Gasteiger partial charge >= 0.3 is 0 Å². The summed E-state index contributed by atoms with van der Waals surface area (Å²) in [5.74, 6) is 0.502. The summed E-state index contributed by atoms with van der Waals surface area (Å²) in [6.07, 6.45) is 4.22. The van der Waals surface area contributed by atoms with Crippen molar-refractivity contribution in [1.29, 1.82) is 0 Å². The van der Waals surface area contributed by atoms with Gasteiger partial charge < -0.3 is 10.2 Å². The fourth-order valence-electron chi connectivity index (χ4n) is 2.45. The second kappa shape index (κ2) is 7.16. The quantitative estimate of drug-likeness (QED) is 0.591. The van der Waals surface area contributed by atoms with Gasteiger partial charge in [-0.25, -0.2) is 0 Å². The highest BCUT2D eigenvalue weighted by atomic mass is 16.3. The first kappa shape index (κ1) is 15.4. The van der Waals surface area contributed by atoms with Crippen molar-refractivity contribution in [2.75, 3.05) is 0 Å². The highest BCUT2D eigenvalue weighted by molar-refractivity contribution is 5.40. The van der Waals surface area contributed by atoms with Gasteiger partial charge in [-0.15, -0.1) is 0 Å². The number of hydrogen-bond acceptors (Lipinski definition) is 2. The van der Waals surface area contributed by atoms with Crippen LogP contribution in [0.4, 0.5) is 0 Å². The fourth-order valence-corrected chi connectivity index (χ4v) is 2.45. The van der Waals surface area contributed by atoms with Crippen LogP contribution in [0.3, 0.4) is 0 Å². The molecule has 2 nitrogen and oxygen atoms in total. The summed E-state index contributed by atoms with van der Waals surface area (Å²) in [6, 6.07) is 14.0. The Kier molecular flexibility index (Phi) is 5.26. The van der Waals surface area contributed by atoms with Gasteiger partial charge in [0.1, 0.15) is 0 Å². The molecule has 0 aliphatic carbocycles. The number of phenolic OH excluding ortho intramolecular Hbond substituents is 2. The molecule has 21 heavy (non-hydrogen) atoms. The molecule has 0 fully saturated rings. The molecule has 2 heteroatoms. The van der Waals surface area contributed by atoms with E-state index in [4.69, 9.17) is 0 Å². The summed E-state index contributed by atoms with van der Waals surface area (Å²) >= 11 is 0. The number of phenols is 2. The van der Waals surface area contributed by atoms with Crippen LogP contribution in [0.5, 0.6) is 11.5 Å². The number of aryl methyl sites for hydroxylation is 2. The van der Waals surface area contributed by atoms with Crippen molar-refractivity contribution in [3.63, 3.8) is 0 Å². The predicted molar refractivity (Wildman–Crippen MR) is 86.9 cm³/mol. The molecule has 2 rings (SSSR count). The van der Waals surface area contributed by atoms with Crippen molar-refractivity contribution in [3.05, 3.63) is 59.2 Å². The zero-order valence-corrected chi connectivity index (χ0v) is 12.8. The summed E-state index contributed by atoms with van der Waals surface area (Å²) in [7, 11) is 0. The van der Waals surface area contributed by atoms with E-state index in [0.717, 1.165) is 31.2 Å². The van der Waals surface area contributed by atoms with Gasteiger partial charge in [-0.1, -0.05) is 44.2 Å². The van der Waals surface area contributed by atoms with Crippen LogP contribution in [0.25, 0.3) is 0 Å². The summed E-state index contributed by atoms with van der Waals surface area (Å²) in [4.78, 5) is 0. The molecule has 2 aromatic rings. The molecule has 0 bridgehead atoms. The first-order valence-corrected chi connectivity index (χ1v) is 7.66. The second-order valence-corrected chi connectivity index (χ2v) is 5.93. The molecule has 0 aromatic heterocycles. The van der Waals surface area contributed by atoms with E-state index in [-0.39, 0.29) is 11.5 Å². The minimum Gasteiger partial charge on any atom is -0.504 e. The lowest BCUT2D eigenvalue weighted by molar-refractivity contribution is 0.403. The summed E-state index contributed by atoms with van der Waals surface area (Å²) in [6.45, 7) is 4.42. The first-order chi connectivity index (χ1) is 10.1. The third-order valence-corrected chi connectivity index (χ3v) is 3.87. The Balaban J connectivity index is 1.77. The van der Waals surface area contributed by atoms with Crippen molar-refractivity contribution in [3.8, 4) is 11.5 Å². The van der Waals surface area contributed by atoms with Crippen LogP contribution in [0.1, 0.15) is 49.3 Å². The van der Waals surface area contributed by atoms with Gasteiger partial charge in [0.05, 0.1) is 0 Å². The molecule has 0 radical (unpaired) electrons. The maximum atomic E-state index is 9.46. The van der Waals surface area contributed by atoms with Crippen LogP contribution < -0.4 is 0 Å². The van der Waals surface area contributed by atoms with E-state index >= 15 is 0 Å². The van der Waals surface area contributed by atoms with Crippen LogP contribution in [-0.4, -0.2) is 10.2 Å². The molecule has 2 aromatic carbocycles. The smallest absolute Gasteiger partial charge is 0.157 e. The lowest BCUT2D eigenvalue weighted by Crippen LogP contribution is -1.91. The van der Waals surface area contributed by atoms with E-state index < -0.39 is 0 Å². The van der Waals surface area contributed by atoms with E-state index in [0.29, 0.717) is 5.92 Å². The number of hydrogen-bond donors (Lipinski definition) is 2. The Labute approximate surface area is 127 Å². The summed E-state index contributed by atoms with van der Waals surface area (Å²) in [5.41, 5.74) is 3.84. The molecular weight excluding hydrogens is 260 g/mol. The van der Waals surface area contributed by atoms with Gasteiger partial charge in [0, 0.05) is 0 Å². The largest absolute Gasteiger partial charge is 0.504 e. The van der Waals surface area contributed by atoms with Crippen LogP contribution >= 0.6 is 0 Å². The molecule has 2 N–H and O–H groups in total. The summed E-state index contributed by atoms with van der Waals surface area (Å²) in [5, 5.41) is 18.7. The van der Waals surface area contributed by atoms with Crippen LogP contribution in [0, 0.1) is 0 Å². The lowest BCUT2D eigenvalue weighted by atomic mass is 9.99. The maximum absolute atomic E-state index is 9.46. The van der Waals surface area contributed by atoms with E-state index in [2.05, 4.69) is 38.1 Å². The SMILES string of the molecule is CC(C)c1ccc(CCCCc2ccc(O)c(O)c2)cc1. The minimum absolute atomic E-state index is 0.0308. The van der Waals surface area contributed by atoms with Crippen molar-refractivity contribution in [2.24, 2.45) is 0 Å². The molecule has 0 unspecified atom stereocenters. The van der Waals surface area contributed by atoms with Gasteiger partial charge in [-0.2, -0.15) is 0 Å². The molecule has 0 spiro atoms. The predicted octanol–water partition coefficient (Wildman–Crippen LogP) is 4.79. The highest BCUT2D eigenvalue weighted by Gasteiger charge is 2.02. The van der Waals surface area contributed by atoms with Gasteiger partial charge in [-0.3, -0.25) is 0 Å². The zero-order chi connectivity index (χ0) is 15.2. The Morgan fingerprint density at radius 1 is 0.762 bits per heavy atom. The lowest BCUT2D eigenvalue weighted by Gasteiger charge is -2.07. The molecule has 0 amide bonds. The van der Waals surface area contributed by atoms with Gasteiger partial charge in [-0.05, 0) is 60.4 Å². The molecule has 0 aliphatic rings. The van der Waals surface area contributed by atoms with Crippen molar-refractivity contribution in [1.82, 2.24) is 0 Å². The van der Waals surface area contributed by atoms with Gasteiger partial charge in [0.2, 0.25) is 0 Å². The monoisotopic (exact) mass is 284 g/mol. The van der Waals surface area contributed by atoms with E-state index in [1.165, 1.54) is 11.1 Å². The molecule has 0 atom stereocenters. The molecule has 0 saturated heterocycles. The van der Waals surface area contributed by atoms with E-state index in [9.17, 15) is 10.2 Å². The van der Waals surface area contributed by atoms with Crippen LogP contribution in [0.15, 0.2) is 42.5 Å². The third kappa shape index (κ3) is 4.52. The number of benzene rings is 2. The standard InChI is InChI=1S/C19H24O2/c1-14(2)17-10-7-15(8-11-17)5-3-4-6-16-9-12-18(20)19(21)13-16/h7-14,20-21H,3-6H2,1-2H3. The average Bonchev–Trinajstić information content (AvgIpc) is 2.47. The van der Waals surface area contributed by atoms with Crippen molar-refractivity contribution < 1.29 is 10.2 Å². The Morgan fingerprint density at radius 3 is 1.90 bits per heavy atom. The molecular formula is C19H24O2. The minimum atomic E-state index is -0.0519. The van der Waals surface area contributed by atoms with Gasteiger partial charge in [0.25, 0.3) is 0 Å². The normalized spacial score (nSPS) is 11.0. The van der Waals surface area contributed by atoms with Crippen molar-refractivity contribution >= 4 is 0 Å². The Bertz CT molecular complexity index is 571. The Hall–Kier alpha value is -1.96. The topological polar surface area (TPSA) is 40.5 Å². The molecule has 0 heterocycles. The molecule has 112 valence electrons. The number of rotatable bonds is 6. The second-order valence-electron chi connectivity index (χ2n) is 5.93. The Morgan fingerprint density at radius 2 is 1.33 bits per heavy atom. The molecule has 0 aliphatic heterocycles. The first-order valence-electron chi connectivity index (χ1n) is 7.66. The van der Waals surface area contributed by atoms with E-state index in [1.54, 1.807) is 12.1 Å². The van der Waals surface area contributed by atoms with Gasteiger partial charge in [0.15, 0.2) is 11.5 Å². The molecule has 0 saturated carbocycles. The highest BCUT2D eigenvalue weighted by Crippen LogP contribution is 2.25. The van der Waals surface area contributed by atoms with Crippen LogP contribution in [-0.2, 0) is 12.8 Å². The number of aromatic hydroxyl groups is 2. The maximum Gasteiger partial charge on any atom is 0.157 e. The average molecular weight is 284 g/mol. The van der Waals surface area contributed by atoms with Crippen LogP contribution in [0.2, 0.25) is 0 Å². The van der Waals surface area contributed by atoms with E-state index in [1.807, 2.05) is 6.07 Å². The number of unbranched alkanes of at least 4 members (excludes halogenated alkanes) is 1. The van der Waals surface area contributed by atoms with Crippen molar-refractivity contribution in [2.45, 2.75) is 45.4 Å². The summed E-state index contributed by atoms with van der Waals surface area (Å²) < 4.78 is 0.